The number of phenolic OH excluding ortho intramolecular Hbond substituents is 1. The highest BCUT2D eigenvalue weighted by atomic mass is 16.6. The molecule has 0 fully saturated rings. The third-order valence-corrected chi connectivity index (χ3v) is 6.92. The van der Waals surface area contributed by atoms with E-state index >= 15 is 0 Å². The Labute approximate surface area is 283 Å². The standard InChI is InChI=1S/C38H47N3O7/c1-8-22-41(34(44)30(23-26-16-11-9-12-17-26)40-36(46)48-38(5,6)7)32(28-20-15-21-29(42)25-28)33(43)39-31(35(45)47-37(2,3)4)24-27-18-13-10-14-19-27/h8-21,25,30-32,42H,1,22-24H2,2-7H3,(H,39,43)(H,40,46). The molecule has 3 unspecified atom stereocenters. The summed E-state index contributed by atoms with van der Waals surface area (Å²) in [7, 11) is 0. The van der Waals surface area contributed by atoms with Crippen LogP contribution in [0.15, 0.2) is 97.6 Å². The zero-order valence-corrected chi connectivity index (χ0v) is 28.6. The van der Waals surface area contributed by atoms with Crippen LogP contribution in [-0.2, 0) is 36.7 Å². The van der Waals surface area contributed by atoms with Crippen LogP contribution in [0.5, 0.6) is 5.75 Å². The summed E-state index contributed by atoms with van der Waals surface area (Å²) in [5, 5.41) is 15.9. The van der Waals surface area contributed by atoms with E-state index < -0.39 is 53.2 Å². The fourth-order valence-corrected chi connectivity index (χ4v) is 5.00. The van der Waals surface area contributed by atoms with Crippen LogP contribution < -0.4 is 10.6 Å². The van der Waals surface area contributed by atoms with Gasteiger partial charge in [-0.05, 0) is 70.4 Å². The van der Waals surface area contributed by atoms with Gasteiger partial charge in [-0.15, -0.1) is 6.58 Å². The normalized spacial score (nSPS) is 13.3. The number of amides is 3. The number of alkyl carbamates (subject to hydrolysis) is 1. The monoisotopic (exact) mass is 657 g/mol. The summed E-state index contributed by atoms with van der Waals surface area (Å²) in [5.74, 6) is -2.08. The average Bonchev–Trinajstić information content (AvgIpc) is 2.99. The number of aromatic hydroxyl groups is 1. The van der Waals surface area contributed by atoms with Gasteiger partial charge in [0.05, 0.1) is 0 Å². The molecule has 0 spiro atoms. The van der Waals surface area contributed by atoms with Crippen molar-refractivity contribution in [1.82, 2.24) is 15.5 Å². The Balaban J connectivity index is 2.07. The molecule has 256 valence electrons. The molecule has 3 N–H and O–H groups in total. The smallest absolute Gasteiger partial charge is 0.408 e. The quantitative estimate of drug-likeness (QED) is 0.160. The van der Waals surface area contributed by atoms with E-state index in [-0.39, 0.29) is 30.7 Å². The van der Waals surface area contributed by atoms with E-state index in [0.29, 0.717) is 0 Å². The van der Waals surface area contributed by atoms with Crippen molar-refractivity contribution in [1.29, 1.82) is 0 Å². The van der Waals surface area contributed by atoms with Crippen LogP contribution in [0.25, 0.3) is 0 Å². The van der Waals surface area contributed by atoms with E-state index in [4.69, 9.17) is 9.47 Å². The van der Waals surface area contributed by atoms with Gasteiger partial charge in [0.2, 0.25) is 11.8 Å². The van der Waals surface area contributed by atoms with Gasteiger partial charge in [0.25, 0.3) is 0 Å². The van der Waals surface area contributed by atoms with Gasteiger partial charge in [0.1, 0.15) is 35.1 Å². The van der Waals surface area contributed by atoms with E-state index in [1.54, 1.807) is 53.7 Å². The van der Waals surface area contributed by atoms with Crippen LogP contribution in [0.1, 0.15) is 64.3 Å². The average molecular weight is 658 g/mol. The molecule has 3 atom stereocenters. The van der Waals surface area contributed by atoms with E-state index in [1.807, 2.05) is 60.7 Å². The van der Waals surface area contributed by atoms with Crippen molar-refractivity contribution in [3.05, 3.63) is 114 Å². The summed E-state index contributed by atoms with van der Waals surface area (Å²) < 4.78 is 11.1. The first kappa shape index (κ1) is 37.3. The second-order valence-corrected chi connectivity index (χ2v) is 13.4. The number of rotatable bonds is 13. The molecule has 0 radical (unpaired) electrons. The maximum absolute atomic E-state index is 14.5. The molecule has 10 heteroatoms. The molecular weight excluding hydrogens is 610 g/mol. The number of ether oxygens (including phenoxy) is 2. The number of hydrogen-bond donors (Lipinski definition) is 3. The Bertz CT molecular complexity index is 1550. The lowest BCUT2D eigenvalue weighted by Crippen LogP contribution is -2.55. The fourth-order valence-electron chi connectivity index (χ4n) is 5.00. The third-order valence-electron chi connectivity index (χ3n) is 6.92. The molecule has 0 bridgehead atoms. The molecule has 10 nitrogen and oxygen atoms in total. The van der Waals surface area contributed by atoms with Crippen molar-refractivity contribution in [3.63, 3.8) is 0 Å². The highest BCUT2D eigenvalue weighted by Gasteiger charge is 2.38. The van der Waals surface area contributed by atoms with E-state index in [9.17, 15) is 24.3 Å². The van der Waals surface area contributed by atoms with Gasteiger partial charge >= 0.3 is 12.1 Å². The first-order valence-electron chi connectivity index (χ1n) is 15.9. The van der Waals surface area contributed by atoms with Crippen molar-refractivity contribution in [2.45, 2.75) is 83.7 Å². The Kier molecular flexibility index (Phi) is 12.9. The minimum atomic E-state index is -1.35. The van der Waals surface area contributed by atoms with E-state index in [2.05, 4.69) is 17.2 Å². The first-order chi connectivity index (χ1) is 22.6. The zero-order chi connectivity index (χ0) is 35.5. The number of hydrogen-bond acceptors (Lipinski definition) is 7. The van der Waals surface area contributed by atoms with Crippen molar-refractivity contribution in [3.8, 4) is 5.75 Å². The molecule has 0 aliphatic heterocycles. The number of esters is 1. The maximum atomic E-state index is 14.5. The predicted molar refractivity (Wildman–Crippen MR) is 184 cm³/mol. The molecule has 0 saturated carbocycles. The Morgan fingerprint density at radius 2 is 1.31 bits per heavy atom. The number of nitrogens with zero attached hydrogens (tertiary/aromatic N) is 1. The van der Waals surface area contributed by atoms with Crippen LogP contribution in [0.3, 0.4) is 0 Å². The van der Waals surface area contributed by atoms with E-state index in [1.165, 1.54) is 23.1 Å². The van der Waals surface area contributed by atoms with Gasteiger partial charge in [0.15, 0.2) is 0 Å². The number of nitrogens with one attached hydrogen (secondary N) is 2. The van der Waals surface area contributed by atoms with Gasteiger partial charge in [-0.3, -0.25) is 9.59 Å². The van der Waals surface area contributed by atoms with Gasteiger partial charge in [-0.25, -0.2) is 9.59 Å². The van der Waals surface area contributed by atoms with Crippen molar-refractivity contribution in [2.75, 3.05) is 6.54 Å². The molecular formula is C38H47N3O7. The number of carbonyl (C=O) groups excluding carboxylic acids is 4. The molecule has 48 heavy (non-hydrogen) atoms. The van der Waals surface area contributed by atoms with Crippen molar-refractivity contribution in [2.24, 2.45) is 0 Å². The van der Waals surface area contributed by atoms with Crippen molar-refractivity contribution >= 4 is 23.9 Å². The van der Waals surface area contributed by atoms with Gasteiger partial charge in [-0.1, -0.05) is 78.9 Å². The minimum absolute atomic E-state index is 0.0927. The highest BCUT2D eigenvalue weighted by Crippen LogP contribution is 2.27. The van der Waals surface area contributed by atoms with Crippen LogP contribution in [0.2, 0.25) is 0 Å². The molecule has 3 aromatic carbocycles. The third kappa shape index (κ3) is 11.9. The molecule has 0 saturated heterocycles. The highest BCUT2D eigenvalue weighted by molar-refractivity contribution is 5.94. The Morgan fingerprint density at radius 3 is 1.81 bits per heavy atom. The van der Waals surface area contributed by atoms with Crippen LogP contribution in [-0.4, -0.2) is 63.7 Å². The molecule has 3 rings (SSSR count). The molecule has 0 aliphatic carbocycles. The first-order valence-corrected chi connectivity index (χ1v) is 15.9. The largest absolute Gasteiger partial charge is 0.508 e. The van der Waals surface area contributed by atoms with Gasteiger partial charge in [0, 0.05) is 19.4 Å². The number of benzene rings is 3. The molecule has 3 aromatic rings. The topological polar surface area (TPSA) is 134 Å². The molecule has 0 aliphatic rings. The summed E-state index contributed by atoms with van der Waals surface area (Å²) in [6, 6.07) is 20.6. The second-order valence-electron chi connectivity index (χ2n) is 13.4. The van der Waals surface area contributed by atoms with Crippen LogP contribution in [0.4, 0.5) is 4.79 Å². The van der Waals surface area contributed by atoms with Crippen LogP contribution >= 0.6 is 0 Å². The summed E-state index contributed by atoms with van der Waals surface area (Å²) in [4.78, 5) is 56.6. The summed E-state index contributed by atoms with van der Waals surface area (Å²) in [6.07, 6.45) is 0.876. The predicted octanol–water partition coefficient (Wildman–Crippen LogP) is 5.65. The minimum Gasteiger partial charge on any atom is -0.508 e. The Morgan fingerprint density at radius 1 is 0.771 bits per heavy atom. The Hall–Kier alpha value is -5.12. The fraction of sp³-hybridized carbons (Fsp3) is 0.368. The SMILES string of the molecule is C=CCN(C(=O)C(Cc1ccccc1)NC(=O)OC(C)(C)C)C(C(=O)NC(Cc1ccccc1)C(=O)OC(C)(C)C)c1cccc(O)c1. The zero-order valence-electron chi connectivity index (χ0n) is 28.6. The summed E-state index contributed by atoms with van der Waals surface area (Å²) in [6.45, 7) is 14.0. The lowest BCUT2D eigenvalue weighted by atomic mass is 9.99. The molecule has 0 heterocycles. The summed E-state index contributed by atoms with van der Waals surface area (Å²) >= 11 is 0. The van der Waals surface area contributed by atoms with Gasteiger partial charge in [-0.2, -0.15) is 0 Å². The molecule has 0 aromatic heterocycles. The van der Waals surface area contributed by atoms with Crippen LogP contribution in [0, 0.1) is 0 Å². The maximum Gasteiger partial charge on any atom is 0.408 e. The second kappa shape index (κ2) is 16.6. The number of phenols is 1. The lowest BCUT2D eigenvalue weighted by Gasteiger charge is -2.35. The molecule has 3 amide bonds. The lowest BCUT2D eigenvalue weighted by molar-refractivity contribution is -0.159. The van der Waals surface area contributed by atoms with E-state index in [0.717, 1.165) is 11.1 Å². The van der Waals surface area contributed by atoms with Gasteiger partial charge < -0.3 is 30.1 Å². The van der Waals surface area contributed by atoms with Crippen molar-refractivity contribution < 1.29 is 33.8 Å². The summed E-state index contributed by atoms with van der Waals surface area (Å²) in [5.41, 5.74) is 0.165. The number of carbonyl (C=O) groups is 4.